The summed E-state index contributed by atoms with van der Waals surface area (Å²) in [6.45, 7) is 1.09. The van der Waals surface area contributed by atoms with Gasteiger partial charge in [0.25, 0.3) is 0 Å². The van der Waals surface area contributed by atoms with Crippen LogP contribution in [-0.2, 0) is 14.2 Å². The van der Waals surface area contributed by atoms with Crippen LogP contribution in [0.3, 0.4) is 0 Å². The molecule has 0 aromatic carbocycles. The Hall–Kier alpha value is -1.46. The summed E-state index contributed by atoms with van der Waals surface area (Å²) < 4.78 is 16.4. The highest BCUT2D eigenvalue weighted by molar-refractivity contribution is 5.89. The highest BCUT2D eigenvalue weighted by Crippen LogP contribution is 2.28. The fourth-order valence-electron chi connectivity index (χ4n) is 2.22. The first-order valence-electron chi connectivity index (χ1n) is 5.69. The number of nitrogens with zero attached hydrogens (tertiary/aromatic N) is 1. The number of fused-ring (bicyclic) bond motifs is 1. The molecule has 5 nitrogen and oxygen atoms in total. The maximum atomic E-state index is 11.8. The van der Waals surface area contributed by atoms with E-state index >= 15 is 0 Å². The van der Waals surface area contributed by atoms with E-state index in [1.54, 1.807) is 18.3 Å². The van der Waals surface area contributed by atoms with Crippen molar-refractivity contribution in [2.24, 2.45) is 0 Å². The van der Waals surface area contributed by atoms with Gasteiger partial charge in [-0.25, -0.2) is 4.79 Å². The molecule has 3 atom stereocenters. The summed E-state index contributed by atoms with van der Waals surface area (Å²) in [7, 11) is 0. The molecule has 0 radical (unpaired) electrons. The number of pyridine rings is 1. The Balaban J connectivity index is 1.66. The zero-order chi connectivity index (χ0) is 11.7. The third-order valence-corrected chi connectivity index (χ3v) is 3.08. The minimum atomic E-state index is -0.372. The largest absolute Gasteiger partial charge is 0.453 e. The highest BCUT2D eigenvalue weighted by Gasteiger charge is 2.44. The van der Waals surface area contributed by atoms with Gasteiger partial charge < -0.3 is 14.2 Å². The zero-order valence-corrected chi connectivity index (χ0v) is 9.24. The van der Waals surface area contributed by atoms with Crippen molar-refractivity contribution in [3.63, 3.8) is 0 Å². The normalized spacial score (nSPS) is 31.2. The molecular formula is C12H13NO4. The predicted octanol–water partition coefficient (Wildman–Crippen LogP) is 0.795. The number of hydrogen-bond acceptors (Lipinski definition) is 5. The second kappa shape index (κ2) is 4.43. The summed E-state index contributed by atoms with van der Waals surface area (Å²) in [4.78, 5) is 15.7. The number of ether oxygens (including phenoxy) is 3. The van der Waals surface area contributed by atoms with E-state index in [0.29, 0.717) is 18.8 Å². The van der Waals surface area contributed by atoms with Crippen LogP contribution >= 0.6 is 0 Å². The molecule has 1 aromatic heterocycles. The van der Waals surface area contributed by atoms with Gasteiger partial charge in [0.1, 0.15) is 6.10 Å². The Labute approximate surface area is 98.7 Å². The van der Waals surface area contributed by atoms with E-state index in [0.717, 1.165) is 6.42 Å². The van der Waals surface area contributed by atoms with Crippen LogP contribution in [0.25, 0.3) is 0 Å². The van der Waals surface area contributed by atoms with Gasteiger partial charge in [0.15, 0.2) is 6.10 Å². The first kappa shape index (κ1) is 10.7. The Morgan fingerprint density at radius 3 is 3.24 bits per heavy atom. The summed E-state index contributed by atoms with van der Waals surface area (Å²) in [5.74, 6) is -0.372. The van der Waals surface area contributed by atoms with Crippen molar-refractivity contribution in [3.05, 3.63) is 30.1 Å². The molecular weight excluding hydrogens is 222 g/mol. The van der Waals surface area contributed by atoms with Gasteiger partial charge in [-0.05, 0) is 18.6 Å². The minimum Gasteiger partial charge on any atom is -0.453 e. The monoisotopic (exact) mass is 235 g/mol. The van der Waals surface area contributed by atoms with Gasteiger partial charge in [0, 0.05) is 19.0 Å². The first-order chi connectivity index (χ1) is 8.34. The number of carbonyl (C=O) groups is 1. The lowest BCUT2D eigenvalue weighted by Gasteiger charge is -2.16. The average Bonchev–Trinajstić information content (AvgIpc) is 2.95. The van der Waals surface area contributed by atoms with Crippen molar-refractivity contribution >= 4 is 5.97 Å². The quantitative estimate of drug-likeness (QED) is 0.709. The maximum Gasteiger partial charge on any atom is 0.340 e. The van der Waals surface area contributed by atoms with E-state index in [4.69, 9.17) is 14.2 Å². The van der Waals surface area contributed by atoms with Crippen LogP contribution in [0.2, 0.25) is 0 Å². The molecule has 3 heterocycles. The summed E-state index contributed by atoms with van der Waals surface area (Å²) in [5.41, 5.74) is 0.453. The second-order valence-corrected chi connectivity index (χ2v) is 4.18. The van der Waals surface area contributed by atoms with Gasteiger partial charge in [0.05, 0.1) is 18.3 Å². The Morgan fingerprint density at radius 1 is 1.47 bits per heavy atom. The number of rotatable bonds is 2. The van der Waals surface area contributed by atoms with E-state index in [1.807, 2.05) is 0 Å². The smallest absolute Gasteiger partial charge is 0.340 e. The molecule has 0 aliphatic carbocycles. The van der Waals surface area contributed by atoms with Crippen LogP contribution in [0.4, 0.5) is 0 Å². The molecule has 0 bridgehead atoms. The molecule has 5 heteroatoms. The van der Waals surface area contributed by atoms with Gasteiger partial charge in [-0.1, -0.05) is 0 Å². The number of esters is 1. The average molecular weight is 235 g/mol. The van der Waals surface area contributed by atoms with E-state index in [-0.39, 0.29) is 24.3 Å². The van der Waals surface area contributed by atoms with Crippen molar-refractivity contribution in [1.29, 1.82) is 0 Å². The highest BCUT2D eigenvalue weighted by atomic mass is 16.6. The van der Waals surface area contributed by atoms with Gasteiger partial charge in [-0.3, -0.25) is 4.98 Å². The van der Waals surface area contributed by atoms with E-state index in [1.165, 1.54) is 6.20 Å². The standard InChI is InChI=1S/C12H13NO4/c14-12(8-2-1-4-13-6-8)17-10-7-16-9-3-5-15-11(9)10/h1-2,4,6,9-11H,3,5,7H2. The Bertz CT molecular complexity index is 408. The van der Waals surface area contributed by atoms with Crippen LogP contribution in [0.15, 0.2) is 24.5 Å². The van der Waals surface area contributed by atoms with E-state index < -0.39 is 0 Å². The number of aromatic nitrogens is 1. The second-order valence-electron chi connectivity index (χ2n) is 4.18. The lowest BCUT2D eigenvalue weighted by atomic mass is 10.1. The molecule has 2 fully saturated rings. The molecule has 2 aliphatic rings. The molecule has 2 aliphatic heterocycles. The third-order valence-electron chi connectivity index (χ3n) is 3.08. The van der Waals surface area contributed by atoms with Crippen LogP contribution in [-0.4, -0.2) is 42.5 Å². The number of hydrogen-bond donors (Lipinski definition) is 0. The van der Waals surface area contributed by atoms with Crippen molar-refractivity contribution in [3.8, 4) is 0 Å². The van der Waals surface area contributed by atoms with Crippen LogP contribution in [0.5, 0.6) is 0 Å². The molecule has 0 N–H and O–H groups in total. The van der Waals surface area contributed by atoms with Gasteiger partial charge in [-0.2, -0.15) is 0 Å². The third kappa shape index (κ3) is 2.03. The summed E-state index contributed by atoms with van der Waals surface area (Å²) in [6, 6.07) is 3.38. The molecule has 0 saturated carbocycles. The molecule has 3 unspecified atom stereocenters. The molecule has 0 amide bonds. The zero-order valence-electron chi connectivity index (χ0n) is 9.24. The molecule has 17 heavy (non-hydrogen) atoms. The van der Waals surface area contributed by atoms with Crippen LogP contribution in [0.1, 0.15) is 16.8 Å². The lowest BCUT2D eigenvalue weighted by Crippen LogP contribution is -2.32. The Morgan fingerprint density at radius 2 is 2.41 bits per heavy atom. The summed E-state index contributed by atoms with van der Waals surface area (Å²) in [5, 5.41) is 0. The van der Waals surface area contributed by atoms with Gasteiger partial charge in [0.2, 0.25) is 0 Å². The summed E-state index contributed by atoms with van der Waals surface area (Å²) >= 11 is 0. The van der Waals surface area contributed by atoms with Crippen molar-refractivity contribution in [2.75, 3.05) is 13.2 Å². The minimum absolute atomic E-state index is 0.0849. The maximum absolute atomic E-state index is 11.8. The predicted molar refractivity (Wildman–Crippen MR) is 57.5 cm³/mol. The number of carbonyl (C=O) groups excluding carboxylic acids is 1. The Kier molecular flexibility index (Phi) is 2.78. The molecule has 0 spiro atoms. The van der Waals surface area contributed by atoms with E-state index in [9.17, 15) is 4.79 Å². The molecule has 90 valence electrons. The first-order valence-corrected chi connectivity index (χ1v) is 5.69. The SMILES string of the molecule is O=C(OC1COC2CCOC21)c1cccnc1. The summed E-state index contributed by atoms with van der Waals surface area (Å²) in [6.07, 6.45) is 3.68. The van der Waals surface area contributed by atoms with Gasteiger partial charge >= 0.3 is 5.97 Å². The fraction of sp³-hybridized carbons (Fsp3) is 0.500. The molecule has 3 rings (SSSR count). The van der Waals surface area contributed by atoms with Crippen molar-refractivity contribution < 1.29 is 19.0 Å². The lowest BCUT2D eigenvalue weighted by molar-refractivity contribution is -0.0148. The van der Waals surface area contributed by atoms with Crippen LogP contribution < -0.4 is 0 Å². The fourth-order valence-corrected chi connectivity index (χ4v) is 2.22. The van der Waals surface area contributed by atoms with Crippen molar-refractivity contribution in [1.82, 2.24) is 4.98 Å². The molecule has 1 aromatic rings. The molecule has 2 saturated heterocycles. The topological polar surface area (TPSA) is 57.7 Å². The van der Waals surface area contributed by atoms with Gasteiger partial charge in [-0.15, -0.1) is 0 Å². The van der Waals surface area contributed by atoms with E-state index in [2.05, 4.69) is 4.98 Å². The van der Waals surface area contributed by atoms with Crippen LogP contribution in [0, 0.1) is 0 Å². The van der Waals surface area contributed by atoms with Crippen molar-refractivity contribution in [2.45, 2.75) is 24.7 Å².